The Morgan fingerprint density at radius 2 is 1.97 bits per heavy atom. The third kappa shape index (κ3) is 5.17. The summed E-state index contributed by atoms with van der Waals surface area (Å²) in [6.07, 6.45) is 1.41. The predicted molar refractivity (Wildman–Crippen MR) is 127 cm³/mol. The summed E-state index contributed by atoms with van der Waals surface area (Å²) in [4.78, 5) is 27.7. The number of nitrogens with one attached hydrogen (secondary N) is 1. The normalized spacial score (nSPS) is 20.3. The van der Waals surface area contributed by atoms with Crippen molar-refractivity contribution in [2.45, 2.75) is 57.9 Å². The predicted octanol–water partition coefficient (Wildman–Crippen LogP) is 5.60. The largest absolute Gasteiger partial charge is 0.444 e. The number of benzene rings is 2. The molecule has 4 rings (SSSR count). The van der Waals surface area contributed by atoms with Crippen LogP contribution in [0.4, 0.5) is 4.79 Å². The van der Waals surface area contributed by atoms with Crippen LogP contribution in [-0.2, 0) is 15.9 Å². The van der Waals surface area contributed by atoms with Gasteiger partial charge in [0.1, 0.15) is 5.60 Å². The number of likely N-dealkylation sites (tertiary alicyclic amines) is 1. The first kappa shape index (κ1) is 23.6. The van der Waals surface area contributed by atoms with Gasteiger partial charge in [-0.15, -0.1) is 0 Å². The van der Waals surface area contributed by atoms with Gasteiger partial charge in [-0.05, 0) is 81.8 Å². The molecule has 33 heavy (non-hydrogen) atoms. The molecule has 1 N–H and O–H groups in total. The summed E-state index contributed by atoms with van der Waals surface area (Å²) in [5.41, 5.74) is 3.25. The lowest BCUT2D eigenvalue weighted by Gasteiger charge is -2.34. The van der Waals surface area contributed by atoms with E-state index in [1.165, 1.54) is 0 Å². The molecule has 7 heteroatoms. The van der Waals surface area contributed by atoms with Gasteiger partial charge in [-0.2, -0.15) is 0 Å². The quantitative estimate of drug-likeness (QED) is 0.593. The van der Waals surface area contributed by atoms with E-state index in [1.807, 2.05) is 39.0 Å². The topological polar surface area (TPSA) is 67.9 Å². The van der Waals surface area contributed by atoms with Gasteiger partial charge >= 0.3 is 12.1 Å². The highest BCUT2D eigenvalue weighted by atomic mass is 35.5. The van der Waals surface area contributed by atoms with E-state index in [-0.39, 0.29) is 12.1 Å². The maximum atomic E-state index is 13.0. The Bertz CT molecular complexity index is 1060. The van der Waals surface area contributed by atoms with Crippen LogP contribution < -0.4 is 5.32 Å². The van der Waals surface area contributed by atoms with Crippen LogP contribution in [0.5, 0.6) is 0 Å². The molecule has 2 aromatic carbocycles. The SMILES string of the molecule is [CH2]c1ccccc1C(=O)O[C@@H]1NCCc2cc(Cl)cc(C3CCCN3C(=O)OC(C)(C)C)c21. The van der Waals surface area contributed by atoms with E-state index in [1.54, 1.807) is 23.1 Å². The van der Waals surface area contributed by atoms with Crippen LogP contribution in [0.2, 0.25) is 5.02 Å². The molecular formula is C26H30ClN2O4. The van der Waals surface area contributed by atoms with Crippen LogP contribution in [0, 0.1) is 6.92 Å². The molecule has 175 valence electrons. The standard InChI is InChI=1S/C26H30ClN2O4/c1-16-8-5-6-9-19(16)24(30)32-23-22-17(11-12-28-23)14-18(27)15-20(22)21-10-7-13-29(21)25(31)33-26(2,3)4/h5-6,8-9,14-15,21,23,28H,1,7,10-13H2,2-4H3/t21?,23-/m0/s1. The third-order valence-electron chi connectivity index (χ3n) is 5.95. The molecular weight excluding hydrogens is 440 g/mol. The third-order valence-corrected chi connectivity index (χ3v) is 6.17. The molecule has 0 bridgehead atoms. The number of amides is 1. The van der Waals surface area contributed by atoms with Gasteiger partial charge in [0.2, 0.25) is 0 Å². The lowest BCUT2D eigenvalue weighted by Crippen LogP contribution is -2.38. The van der Waals surface area contributed by atoms with Crippen molar-refractivity contribution in [1.82, 2.24) is 10.2 Å². The van der Waals surface area contributed by atoms with Crippen LogP contribution in [0.15, 0.2) is 36.4 Å². The maximum Gasteiger partial charge on any atom is 0.410 e. The summed E-state index contributed by atoms with van der Waals surface area (Å²) in [5.74, 6) is -0.442. The molecule has 1 amide bonds. The maximum absolute atomic E-state index is 13.0. The average molecular weight is 470 g/mol. The molecule has 1 fully saturated rings. The van der Waals surface area contributed by atoms with E-state index in [9.17, 15) is 9.59 Å². The zero-order valence-electron chi connectivity index (χ0n) is 19.3. The van der Waals surface area contributed by atoms with Crippen LogP contribution in [0.25, 0.3) is 0 Å². The first-order chi connectivity index (χ1) is 15.6. The van der Waals surface area contributed by atoms with Crippen molar-refractivity contribution < 1.29 is 19.1 Å². The van der Waals surface area contributed by atoms with Crippen molar-refractivity contribution in [2.24, 2.45) is 0 Å². The molecule has 0 spiro atoms. The Kier molecular flexibility index (Phi) is 6.68. The fourth-order valence-corrected chi connectivity index (χ4v) is 4.81. The van der Waals surface area contributed by atoms with Crippen molar-refractivity contribution in [2.75, 3.05) is 13.1 Å². The van der Waals surface area contributed by atoms with Crippen molar-refractivity contribution >= 4 is 23.7 Å². The van der Waals surface area contributed by atoms with E-state index in [0.29, 0.717) is 29.2 Å². The highest BCUT2D eigenvalue weighted by Crippen LogP contribution is 2.41. The molecule has 1 unspecified atom stereocenters. The second kappa shape index (κ2) is 9.35. The molecule has 0 saturated carbocycles. The van der Waals surface area contributed by atoms with Crippen molar-refractivity contribution in [3.8, 4) is 0 Å². The monoisotopic (exact) mass is 469 g/mol. The van der Waals surface area contributed by atoms with Crippen LogP contribution in [-0.4, -0.2) is 35.7 Å². The van der Waals surface area contributed by atoms with Crippen LogP contribution >= 0.6 is 11.6 Å². The summed E-state index contributed by atoms with van der Waals surface area (Å²) < 4.78 is 11.6. The van der Waals surface area contributed by atoms with E-state index in [2.05, 4.69) is 12.2 Å². The Morgan fingerprint density at radius 3 is 2.70 bits per heavy atom. The smallest absolute Gasteiger partial charge is 0.410 e. The zero-order valence-corrected chi connectivity index (χ0v) is 20.1. The summed E-state index contributed by atoms with van der Waals surface area (Å²) in [7, 11) is 0. The van der Waals surface area contributed by atoms with Crippen molar-refractivity contribution in [3.05, 3.63) is 76.2 Å². The minimum Gasteiger partial charge on any atom is -0.444 e. The van der Waals surface area contributed by atoms with E-state index in [0.717, 1.165) is 36.0 Å². The molecule has 2 aromatic rings. The van der Waals surface area contributed by atoms with Gasteiger partial charge in [-0.3, -0.25) is 5.32 Å². The van der Waals surface area contributed by atoms with Gasteiger partial charge in [0.15, 0.2) is 6.23 Å². The Hall–Kier alpha value is -2.57. The van der Waals surface area contributed by atoms with Gasteiger partial charge in [-0.25, -0.2) is 9.59 Å². The first-order valence-electron chi connectivity index (χ1n) is 11.3. The number of carbonyl (C=O) groups excluding carboxylic acids is 2. The summed E-state index contributed by atoms with van der Waals surface area (Å²) >= 11 is 6.49. The number of nitrogens with zero attached hydrogens (tertiary/aromatic N) is 1. The second-order valence-corrected chi connectivity index (χ2v) is 9.98. The van der Waals surface area contributed by atoms with Crippen LogP contribution in [0.1, 0.15) is 78.5 Å². The highest BCUT2D eigenvalue weighted by Gasteiger charge is 2.37. The molecule has 6 nitrogen and oxygen atoms in total. The number of carbonyl (C=O) groups is 2. The fraction of sp³-hybridized carbons (Fsp3) is 0.423. The number of hydrogen-bond acceptors (Lipinski definition) is 5. The van der Waals surface area contributed by atoms with Crippen molar-refractivity contribution in [3.63, 3.8) is 0 Å². The summed E-state index contributed by atoms with van der Waals surface area (Å²) in [6, 6.07) is 10.7. The second-order valence-electron chi connectivity index (χ2n) is 9.55. The molecule has 1 saturated heterocycles. The minimum absolute atomic E-state index is 0.200. The number of hydrogen-bond donors (Lipinski definition) is 1. The highest BCUT2D eigenvalue weighted by molar-refractivity contribution is 6.30. The Balaban J connectivity index is 1.68. The minimum atomic E-state index is -0.644. The number of halogens is 1. The molecule has 2 aliphatic heterocycles. The van der Waals surface area contributed by atoms with Gasteiger partial charge in [0.05, 0.1) is 11.6 Å². The molecule has 2 heterocycles. The van der Waals surface area contributed by atoms with Gasteiger partial charge in [0.25, 0.3) is 0 Å². The molecule has 0 aliphatic carbocycles. The molecule has 2 atom stereocenters. The molecule has 0 aromatic heterocycles. The lowest BCUT2D eigenvalue weighted by molar-refractivity contribution is 0.0156. The lowest BCUT2D eigenvalue weighted by atomic mass is 9.89. The number of esters is 1. The molecule has 2 aliphatic rings. The molecule has 1 radical (unpaired) electrons. The van der Waals surface area contributed by atoms with Gasteiger partial charge < -0.3 is 14.4 Å². The van der Waals surface area contributed by atoms with E-state index in [4.69, 9.17) is 21.1 Å². The fourth-order valence-electron chi connectivity index (χ4n) is 4.56. The summed E-state index contributed by atoms with van der Waals surface area (Å²) in [5, 5.41) is 3.93. The Labute approximate surface area is 200 Å². The Morgan fingerprint density at radius 1 is 1.21 bits per heavy atom. The number of rotatable bonds is 3. The summed E-state index contributed by atoms with van der Waals surface area (Å²) in [6.45, 7) is 10.8. The van der Waals surface area contributed by atoms with Crippen LogP contribution in [0.3, 0.4) is 0 Å². The number of fused-ring (bicyclic) bond motifs is 1. The van der Waals surface area contributed by atoms with E-state index >= 15 is 0 Å². The first-order valence-corrected chi connectivity index (χ1v) is 11.7. The number of ether oxygens (including phenoxy) is 2. The van der Waals surface area contributed by atoms with Gasteiger partial charge in [0, 0.05) is 23.7 Å². The average Bonchev–Trinajstić information content (AvgIpc) is 3.22. The van der Waals surface area contributed by atoms with Crippen molar-refractivity contribution in [1.29, 1.82) is 0 Å². The zero-order chi connectivity index (χ0) is 23.8. The van der Waals surface area contributed by atoms with Gasteiger partial charge in [-0.1, -0.05) is 29.8 Å². The van der Waals surface area contributed by atoms with E-state index < -0.39 is 17.8 Å².